The standard InChI is InChI=1S/C14H14F3N3O4S/c15-14(16,17)10-3-1-2-4-11(10)25(23,24)19-6-5-9(8-19)20-12(21)7-18-13(20)22/h1-4,9H,5-8H2,(H,18,22). The van der Waals surface area contributed by atoms with Crippen molar-refractivity contribution in [2.24, 2.45) is 0 Å². The van der Waals surface area contributed by atoms with E-state index in [1.807, 2.05) is 0 Å². The van der Waals surface area contributed by atoms with Crippen LogP contribution in [-0.2, 0) is 21.0 Å². The van der Waals surface area contributed by atoms with Crippen LogP contribution < -0.4 is 5.32 Å². The smallest absolute Gasteiger partial charge is 0.329 e. The number of imide groups is 1. The van der Waals surface area contributed by atoms with Gasteiger partial charge in [0.25, 0.3) is 0 Å². The maximum atomic E-state index is 13.1. The monoisotopic (exact) mass is 377 g/mol. The van der Waals surface area contributed by atoms with E-state index in [4.69, 9.17) is 0 Å². The number of halogens is 3. The van der Waals surface area contributed by atoms with Gasteiger partial charge in [-0.3, -0.25) is 9.69 Å². The Balaban J connectivity index is 1.88. The Bertz CT molecular complexity index is 809. The lowest BCUT2D eigenvalue weighted by atomic mass is 10.2. The average Bonchev–Trinajstić information content (AvgIpc) is 3.14. The summed E-state index contributed by atoms with van der Waals surface area (Å²) in [5.74, 6) is -0.482. The van der Waals surface area contributed by atoms with E-state index in [1.165, 1.54) is 6.07 Å². The SMILES string of the molecule is O=C1CNC(=O)N1C1CCN(S(=O)(=O)c2ccccc2C(F)(F)F)C1. The topological polar surface area (TPSA) is 86.8 Å². The number of amides is 3. The normalized spacial score (nSPS) is 22.5. The van der Waals surface area contributed by atoms with Gasteiger partial charge in [-0.05, 0) is 18.6 Å². The first-order valence-corrected chi connectivity index (χ1v) is 8.82. The number of urea groups is 1. The highest BCUT2D eigenvalue weighted by atomic mass is 32.2. The van der Waals surface area contributed by atoms with Gasteiger partial charge in [0.1, 0.15) is 0 Å². The maximum absolute atomic E-state index is 13.1. The summed E-state index contributed by atoms with van der Waals surface area (Å²) >= 11 is 0. The molecule has 1 N–H and O–H groups in total. The molecule has 2 aliphatic heterocycles. The zero-order valence-corrected chi connectivity index (χ0v) is 13.6. The summed E-state index contributed by atoms with van der Waals surface area (Å²) < 4.78 is 65.5. The van der Waals surface area contributed by atoms with Gasteiger partial charge in [-0.25, -0.2) is 13.2 Å². The van der Waals surface area contributed by atoms with E-state index >= 15 is 0 Å². The molecule has 0 spiro atoms. The van der Waals surface area contributed by atoms with Gasteiger partial charge in [0.2, 0.25) is 15.9 Å². The van der Waals surface area contributed by atoms with Crippen LogP contribution in [0.3, 0.4) is 0 Å². The van der Waals surface area contributed by atoms with Crippen molar-refractivity contribution in [2.45, 2.75) is 23.5 Å². The van der Waals surface area contributed by atoms with Gasteiger partial charge in [-0.15, -0.1) is 0 Å². The summed E-state index contributed by atoms with van der Waals surface area (Å²) in [6.45, 7) is -0.469. The molecule has 0 aliphatic carbocycles. The molecule has 11 heteroatoms. The molecule has 25 heavy (non-hydrogen) atoms. The third kappa shape index (κ3) is 3.09. The second kappa shape index (κ2) is 5.99. The molecule has 3 amide bonds. The lowest BCUT2D eigenvalue weighted by Crippen LogP contribution is -2.43. The van der Waals surface area contributed by atoms with Gasteiger partial charge in [0.15, 0.2) is 0 Å². The Morgan fingerprint density at radius 2 is 1.84 bits per heavy atom. The molecule has 0 radical (unpaired) electrons. The van der Waals surface area contributed by atoms with E-state index in [0.717, 1.165) is 21.3 Å². The molecule has 1 unspecified atom stereocenters. The lowest BCUT2D eigenvalue weighted by molar-refractivity contribution is -0.140. The summed E-state index contributed by atoms with van der Waals surface area (Å²) in [5, 5.41) is 2.33. The van der Waals surface area contributed by atoms with E-state index in [1.54, 1.807) is 0 Å². The average molecular weight is 377 g/mol. The van der Waals surface area contributed by atoms with Crippen LogP contribution >= 0.6 is 0 Å². The van der Waals surface area contributed by atoms with Gasteiger partial charge in [-0.1, -0.05) is 12.1 Å². The number of carbonyl (C=O) groups excluding carboxylic acids is 2. The van der Waals surface area contributed by atoms with Crippen LogP contribution in [-0.4, -0.2) is 55.2 Å². The number of sulfonamides is 1. The molecule has 0 saturated carbocycles. The fraction of sp³-hybridized carbons (Fsp3) is 0.429. The molecule has 1 aromatic carbocycles. The van der Waals surface area contributed by atoms with Crippen LogP contribution in [0.25, 0.3) is 0 Å². The predicted molar refractivity (Wildman–Crippen MR) is 78.9 cm³/mol. The Labute approximate surface area is 141 Å². The molecule has 2 heterocycles. The summed E-state index contributed by atoms with van der Waals surface area (Å²) in [5.41, 5.74) is -1.24. The Hall–Kier alpha value is -2.14. The molecule has 136 valence electrons. The lowest BCUT2D eigenvalue weighted by Gasteiger charge is -2.22. The van der Waals surface area contributed by atoms with Gasteiger partial charge in [0.05, 0.1) is 23.0 Å². The van der Waals surface area contributed by atoms with Crippen LogP contribution in [0.2, 0.25) is 0 Å². The molecule has 2 saturated heterocycles. The van der Waals surface area contributed by atoms with Crippen molar-refractivity contribution in [3.05, 3.63) is 29.8 Å². The Morgan fingerprint density at radius 1 is 1.16 bits per heavy atom. The number of nitrogens with one attached hydrogen (secondary N) is 1. The summed E-state index contributed by atoms with van der Waals surface area (Å²) in [6.07, 6.45) is -4.64. The fourth-order valence-corrected chi connectivity index (χ4v) is 4.71. The second-order valence-electron chi connectivity index (χ2n) is 5.72. The molecule has 0 aromatic heterocycles. The highest BCUT2D eigenvalue weighted by Gasteiger charge is 2.44. The fourth-order valence-electron chi connectivity index (χ4n) is 3.01. The molecule has 1 atom stereocenters. The van der Waals surface area contributed by atoms with Gasteiger partial charge in [-0.2, -0.15) is 17.5 Å². The highest BCUT2D eigenvalue weighted by molar-refractivity contribution is 7.89. The van der Waals surface area contributed by atoms with Crippen LogP contribution in [0.1, 0.15) is 12.0 Å². The zero-order valence-electron chi connectivity index (χ0n) is 12.8. The molecular weight excluding hydrogens is 363 g/mol. The number of benzene rings is 1. The first-order chi connectivity index (χ1) is 11.6. The quantitative estimate of drug-likeness (QED) is 0.797. The minimum absolute atomic E-state index is 0.0732. The molecule has 2 aliphatic rings. The second-order valence-corrected chi connectivity index (χ2v) is 7.63. The van der Waals surface area contributed by atoms with Crippen molar-refractivity contribution < 1.29 is 31.2 Å². The third-order valence-corrected chi connectivity index (χ3v) is 6.10. The van der Waals surface area contributed by atoms with Crippen molar-refractivity contribution in [1.29, 1.82) is 0 Å². The number of rotatable bonds is 3. The van der Waals surface area contributed by atoms with Crippen LogP contribution in [0.15, 0.2) is 29.2 Å². The van der Waals surface area contributed by atoms with E-state index in [-0.39, 0.29) is 26.1 Å². The van der Waals surface area contributed by atoms with Gasteiger partial charge in [0, 0.05) is 13.1 Å². The first kappa shape index (κ1) is 17.7. The Kier molecular flexibility index (Phi) is 4.23. The van der Waals surface area contributed by atoms with E-state index < -0.39 is 44.6 Å². The van der Waals surface area contributed by atoms with Gasteiger partial charge < -0.3 is 5.32 Å². The van der Waals surface area contributed by atoms with E-state index in [0.29, 0.717) is 6.07 Å². The minimum Gasteiger partial charge on any atom is -0.329 e. The number of hydrogen-bond donors (Lipinski definition) is 1. The van der Waals surface area contributed by atoms with Crippen molar-refractivity contribution >= 4 is 22.0 Å². The summed E-state index contributed by atoms with van der Waals surface area (Å²) in [4.78, 5) is 23.5. The first-order valence-electron chi connectivity index (χ1n) is 7.38. The third-order valence-electron chi connectivity index (χ3n) is 4.18. The van der Waals surface area contributed by atoms with Crippen LogP contribution in [0.4, 0.5) is 18.0 Å². The molecule has 7 nitrogen and oxygen atoms in total. The number of hydrogen-bond acceptors (Lipinski definition) is 4. The van der Waals surface area contributed by atoms with Crippen molar-refractivity contribution in [2.75, 3.05) is 19.6 Å². The Morgan fingerprint density at radius 3 is 2.44 bits per heavy atom. The van der Waals surface area contributed by atoms with Crippen LogP contribution in [0.5, 0.6) is 0 Å². The van der Waals surface area contributed by atoms with Crippen molar-refractivity contribution in [3.63, 3.8) is 0 Å². The molecule has 2 fully saturated rings. The van der Waals surface area contributed by atoms with Gasteiger partial charge >= 0.3 is 12.2 Å². The molecule has 0 bridgehead atoms. The molecular formula is C14H14F3N3O4S. The van der Waals surface area contributed by atoms with Crippen molar-refractivity contribution in [1.82, 2.24) is 14.5 Å². The molecule has 1 aromatic rings. The minimum atomic E-state index is -4.81. The zero-order chi connectivity index (χ0) is 18.4. The summed E-state index contributed by atoms with van der Waals surface area (Å²) in [7, 11) is -4.41. The van der Waals surface area contributed by atoms with Crippen LogP contribution in [0, 0.1) is 0 Å². The number of carbonyl (C=O) groups is 2. The van der Waals surface area contributed by atoms with E-state index in [2.05, 4.69) is 5.32 Å². The van der Waals surface area contributed by atoms with E-state index in [9.17, 15) is 31.2 Å². The number of alkyl halides is 3. The number of nitrogens with zero attached hydrogens (tertiary/aromatic N) is 2. The maximum Gasteiger partial charge on any atom is 0.417 e. The highest BCUT2D eigenvalue weighted by Crippen LogP contribution is 2.36. The molecule has 3 rings (SSSR count). The summed E-state index contributed by atoms with van der Waals surface area (Å²) in [6, 6.07) is 2.62. The predicted octanol–water partition coefficient (Wildman–Crippen LogP) is 1.02. The largest absolute Gasteiger partial charge is 0.417 e. The van der Waals surface area contributed by atoms with Crippen molar-refractivity contribution in [3.8, 4) is 0 Å².